The number of benzene rings is 4. The van der Waals surface area contributed by atoms with Crippen molar-refractivity contribution < 1.29 is 14.7 Å². The number of para-hydroxylation sites is 2. The second-order valence-electron chi connectivity index (χ2n) is 7.60. The molecule has 4 rings (SSSR count). The minimum absolute atomic E-state index is 0.0666. The Hall–Kier alpha value is -5.15. The molecule has 1 amide bonds. The van der Waals surface area contributed by atoms with Gasteiger partial charge in [0.2, 0.25) is 0 Å². The van der Waals surface area contributed by atoms with Gasteiger partial charge in [-0.05, 0) is 72.3 Å². The molecule has 6 nitrogen and oxygen atoms in total. The van der Waals surface area contributed by atoms with E-state index in [4.69, 9.17) is 5.11 Å². The summed E-state index contributed by atoms with van der Waals surface area (Å²) in [5, 5.41) is 21.1. The van der Waals surface area contributed by atoms with E-state index >= 15 is 0 Å². The largest absolute Gasteiger partial charge is 0.478 e. The first-order valence-corrected chi connectivity index (χ1v) is 10.8. The van der Waals surface area contributed by atoms with Crippen molar-refractivity contribution in [2.45, 2.75) is 0 Å². The topological polar surface area (TPSA) is 93.4 Å². The first-order valence-electron chi connectivity index (χ1n) is 10.8. The lowest BCUT2D eigenvalue weighted by atomic mass is 10.1. The number of carboxylic acid groups (broad SMARTS) is 1. The number of nitrogens with one attached hydrogen (secondary N) is 1. The van der Waals surface area contributed by atoms with Gasteiger partial charge in [-0.1, -0.05) is 48.5 Å². The lowest BCUT2D eigenvalue weighted by molar-refractivity contribution is -0.112. The Balaban J connectivity index is 1.56. The number of anilines is 4. The maximum absolute atomic E-state index is 12.6. The Labute approximate surface area is 203 Å². The number of carbonyl (C=O) groups is 2. The fraction of sp³-hybridized carbons (Fsp3) is 0. The predicted octanol–water partition coefficient (Wildman–Crippen LogP) is 6.40. The van der Waals surface area contributed by atoms with Crippen LogP contribution >= 0.6 is 0 Å². The summed E-state index contributed by atoms with van der Waals surface area (Å²) in [6.45, 7) is 0. The number of amides is 1. The summed E-state index contributed by atoms with van der Waals surface area (Å²) in [6.07, 6.45) is 1.51. The molecule has 35 heavy (non-hydrogen) atoms. The van der Waals surface area contributed by atoms with Gasteiger partial charge >= 0.3 is 5.97 Å². The van der Waals surface area contributed by atoms with E-state index in [-0.39, 0.29) is 11.1 Å². The molecule has 0 aliphatic rings. The number of nitrogens with zero attached hydrogens (tertiary/aromatic N) is 2. The van der Waals surface area contributed by atoms with Crippen molar-refractivity contribution in [3.8, 4) is 6.07 Å². The molecule has 0 fully saturated rings. The van der Waals surface area contributed by atoms with Gasteiger partial charge in [0.15, 0.2) is 0 Å². The Morgan fingerprint density at radius 3 is 1.74 bits per heavy atom. The van der Waals surface area contributed by atoms with Crippen LogP contribution in [0, 0.1) is 11.3 Å². The zero-order chi connectivity index (χ0) is 24.6. The maximum atomic E-state index is 12.6. The summed E-state index contributed by atoms with van der Waals surface area (Å²) < 4.78 is 0. The number of nitriles is 1. The van der Waals surface area contributed by atoms with Gasteiger partial charge in [0, 0.05) is 22.7 Å². The van der Waals surface area contributed by atoms with Crippen LogP contribution < -0.4 is 10.2 Å². The van der Waals surface area contributed by atoms with Crippen LogP contribution in [0.3, 0.4) is 0 Å². The molecule has 2 N–H and O–H groups in total. The van der Waals surface area contributed by atoms with Crippen LogP contribution in [-0.2, 0) is 4.79 Å². The molecule has 0 heterocycles. The summed E-state index contributed by atoms with van der Waals surface area (Å²) in [6, 6.07) is 35.2. The van der Waals surface area contributed by atoms with Crippen LogP contribution in [0.15, 0.2) is 115 Å². The highest BCUT2D eigenvalue weighted by Gasteiger charge is 2.13. The van der Waals surface area contributed by atoms with Crippen molar-refractivity contribution in [1.82, 2.24) is 0 Å². The number of hydrogen-bond acceptors (Lipinski definition) is 4. The summed E-state index contributed by atoms with van der Waals surface area (Å²) in [5.41, 5.74) is 4.09. The molecule has 0 radical (unpaired) electrons. The number of carbonyl (C=O) groups excluding carboxylic acids is 1. The molecular formula is C29H21N3O3. The second-order valence-corrected chi connectivity index (χ2v) is 7.60. The fourth-order valence-corrected chi connectivity index (χ4v) is 3.53. The van der Waals surface area contributed by atoms with E-state index in [0.717, 1.165) is 17.1 Å². The summed E-state index contributed by atoms with van der Waals surface area (Å²) in [5.74, 6) is -1.63. The van der Waals surface area contributed by atoms with Crippen molar-refractivity contribution in [3.05, 3.63) is 126 Å². The summed E-state index contributed by atoms with van der Waals surface area (Å²) in [7, 11) is 0. The molecule has 170 valence electrons. The van der Waals surface area contributed by atoms with Crippen molar-refractivity contribution in [1.29, 1.82) is 5.26 Å². The third kappa shape index (κ3) is 5.62. The number of hydrogen-bond donors (Lipinski definition) is 2. The van der Waals surface area contributed by atoms with Gasteiger partial charge in [-0.3, -0.25) is 4.79 Å². The van der Waals surface area contributed by atoms with E-state index in [1.165, 1.54) is 30.3 Å². The number of aromatic carboxylic acids is 1. The molecule has 0 saturated heterocycles. The van der Waals surface area contributed by atoms with E-state index < -0.39 is 11.9 Å². The Kier molecular flexibility index (Phi) is 7.00. The molecule has 0 unspecified atom stereocenters. The van der Waals surface area contributed by atoms with Crippen LogP contribution in [0.4, 0.5) is 22.7 Å². The average Bonchev–Trinajstić information content (AvgIpc) is 2.90. The highest BCUT2D eigenvalue weighted by atomic mass is 16.4. The molecule has 0 aliphatic heterocycles. The Bertz CT molecular complexity index is 1350. The molecule has 0 saturated carbocycles. The summed E-state index contributed by atoms with van der Waals surface area (Å²) >= 11 is 0. The molecule has 0 bridgehead atoms. The van der Waals surface area contributed by atoms with E-state index in [1.807, 2.05) is 91.0 Å². The van der Waals surface area contributed by atoms with Crippen LogP contribution in [0.5, 0.6) is 0 Å². The van der Waals surface area contributed by atoms with Gasteiger partial charge in [0.25, 0.3) is 5.91 Å². The van der Waals surface area contributed by atoms with Gasteiger partial charge in [-0.2, -0.15) is 5.26 Å². The predicted molar refractivity (Wildman–Crippen MR) is 137 cm³/mol. The highest BCUT2D eigenvalue weighted by molar-refractivity contribution is 6.09. The van der Waals surface area contributed by atoms with E-state index in [9.17, 15) is 14.9 Å². The first-order chi connectivity index (χ1) is 17.0. The highest BCUT2D eigenvalue weighted by Crippen LogP contribution is 2.34. The van der Waals surface area contributed by atoms with E-state index in [2.05, 4.69) is 10.2 Å². The minimum Gasteiger partial charge on any atom is -0.478 e. The van der Waals surface area contributed by atoms with Crippen molar-refractivity contribution in [2.24, 2.45) is 0 Å². The van der Waals surface area contributed by atoms with Crippen molar-refractivity contribution in [2.75, 3.05) is 10.2 Å². The van der Waals surface area contributed by atoms with Gasteiger partial charge < -0.3 is 15.3 Å². The molecule has 0 atom stereocenters. The van der Waals surface area contributed by atoms with E-state index in [1.54, 1.807) is 0 Å². The quantitative estimate of drug-likeness (QED) is 0.246. The van der Waals surface area contributed by atoms with E-state index in [0.29, 0.717) is 11.3 Å². The molecule has 6 heteroatoms. The maximum Gasteiger partial charge on any atom is 0.335 e. The lowest BCUT2D eigenvalue weighted by Crippen LogP contribution is -2.13. The first kappa shape index (κ1) is 23.0. The zero-order valence-corrected chi connectivity index (χ0v) is 18.6. The van der Waals surface area contributed by atoms with Gasteiger partial charge in [0.05, 0.1) is 5.56 Å². The SMILES string of the molecule is N#CC(=Cc1ccc(N(c2ccccc2)c2ccccc2)cc1)C(=O)Nc1ccc(C(=O)O)cc1. The van der Waals surface area contributed by atoms with Gasteiger partial charge in [-0.25, -0.2) is 4.79 Å². The van der Waals surface area contributed by atoms with Crippen molar-refractivity contribution >= 4 is 40.7 Å². The van der Waals surface area contributed by atoms with Crippen LogP contribution in [-0.4, -0.2) is 17.0 Å². The Morgan fingerprint density at radius 1 is 0.743 bits per heavy atom. The third-order valence-corrected chi connectivity index (χ3v) is 5.25. The molecular weight excluding hydrogens is 438 g/mol. The van der Waals surface area contributed by atoms with Gasteiger partial charge in [-0.15, -0.1) is 0 Å². The number of rotatable bonds is 7. The lowest BCUT2D eigenvalue weighted by Gasteiger charge is -2.25. The average molecular weight is 460 g/mol. The van der Waals surface area contributed by atoms with Crippen LogP contribution in [0.2, 0.25) is 0 Å². The molecule has 0 aliphatic carbocycles. The summed E-state index contributed by atoms with van der Waals surface area (Å²) in [4.78, 5) is 25.7. The third-order valence-electron chi connectivity index (χ3n) is 5.25. The fourth-order valence-electron chi connectivity index (χ4n) is 3.53. The standard InChI is InChI=1S/C29H21N3O3/c30-20-23(28(33)31-24-15-13-22(14-16-24)29(34)35)19-21-11-17-27(18-12-21)32(25-7-3-1-4-8-25)26-9-5-2-6-10-26/h1-19H,(H,31,33)(H,34,35). The van der Waals surface area contributed by atoms with Crippen molar-refractivity contribution in [3.63, 3.8) is 0 Å². The smallest absolute Gasteiger partial charge is 0.335 e. The van der Waals surface area contributed by atoms with Crippen LogP contribution in [0.1, 0.15) is 15.9 Å². The minimum atomic E-state index is -1.05. The molecule has 0 spiro atoms. The molecule has 4 aromatic rings. The van der Waals surface area contributed by atoms with Crippen LogP contribution in [0.25, 0.3) is 6.08 Å². The normalized spacial score (nSPS) is 10.8. The molecule has 4 aromatic carbocycles. The molecule has 0 aromatic heterocycles. The monoisotopic (exact) mass is 459 g/mol. The number of carboxylic acids is 1. The zero-order valence-electron chi connectivity index (χ0n) is 18.6. The Morgan fingerprint density at radius 2 is 1.26 bits per heavy atom. The second kappa shape index (κ2) is 10.6. The van der Waals surface area contributed by atoms with Gasteiger partial charge in [0.1, 0.15) is 11.6 Å².